The Morgan fingerprint density at radius 3 is 2.80 bits per heavy atom. The number of carbonyl (C=O) groups excluding carboxylic acids is 3. The van der Waals surface area contributed by atoms with Crippen molar-refractivity contribution in [3.63, 3.8) is 0 Å². The molecule has 1 aliphatic rings. The Balaban J connectivity index is 2.21. The third-order valence-corrected chi connectivity index (χ3v) is 3.69. The topological polar surface area (TPSA) is 66.5 Å². The molecule has 1 heterocycles. The van der Waals surface area contributed by atoms with E-state index < -0.39 is 12.1 Å². The summed E-state index contributed by atoms with van der Waals surface area (Å²) in [5.41, 5.74) is 0.468. The number of carbonyl (C=O) groups is 3. The van der Waals surface area contributed by atoms with Gasteiger partial charge in [-0.05, 0) is 26.0 Å². The van der Waals surface area contributed by atoms with E-state index in [0.29, 0.717) is 10.6 Å². The highest BCUT2D eigenvalue weighted by atomic mass is 35.5. The standard InChI is InChI=1S/C14H15ClN2O3/c1-8(13(19)10-4-3-5-11(15)6-10)17-7-12(18)16-14(20)9(17)2/h3-6,8-9H,7H2,1-2H3,(H,16,18,20). The minimum Gasteiger partial charge on any atom is -0.294 e. The van der Waals surface area contributed by atoms with Gasteiger partial charge in [0.05, 0.1) is 18.6 Å². The van der Waals surface area contributed by atoms with Crippen LogP contribution in [0.25, 0.3) is 0 Å². The number of Topliss-reactive ketones (excluding diaryl/α,β-unsaturated/α-hetero) is 1. The zero-order valence-electron chi connectivity index (χ0n) is 11.2. The molecule has 0 bridgehead atoms. The molecule has 0 aromatic heterocycles. The van der Waals surface area contributed by atoms with Crippen LogP contribution in [0.4, 0.5) is 0 Å². The van der Waals surface area contributed by atoms with Gasteiger partial charge in [0, 0.05) is 10.6 Å². The SMILES string of the molecule is CC1C(=O)NC(=O)CN1C(C)C(=O)c1cccc(Cl)c1. The van der Waals surface area contributed by atoms with E-state index in [9.17, 15) is 14.4 Å². The first-order valence-electron chi connectivity index (χ1n) is 6.29. The first-order chi connectivity index (χ1) is 9.40. The maximum atomic E-state index is 12.4. The summed E-state index contributed by atoms with van der Waals surface area (Å²) in [6.07, 6.45) is 0. The number of nitrogens with one attached hydrogen (secondary N) is 1. The number of hydrogen-bond donors (Lipinski definition) is 1. The van der Waals surface area contributed by atoms with E-state index in [1.165, 1.54) is 0 Å². The van der Waals surface area contributed by atoms with Crippen molar-refractivity contribution in [2.24, 2.45) is 0 Å². The van der Waals surface area contributed by atoms with Gasteiger partial charge in [-0.1, -0.05) is 23.7 Å². The molecular formula is C14H15ClN2O3. The number of imide groups is 1. The highest BCUT2D eigenvalue weighted by molar-refractivity contribution is 6.31. The molecule has 6 heteroatoms. The number of piperazine rings is 1. The van der Waals surface area contributed by atoms with Crippen molar-refractivity contribution in [1.82, 2.24) is 10.2 Å². The summed E-state index contributed by atoms with van der Waals surface area (Å²) in [4.78, 5) is 37.1. The van der Waals surface area contributed by atoms with Crippen molar-refractivity contribution >= 4 is 29.2 Å². The van der Waals surface area contributed by atoms with Crippen LogP contribution in [-0.4, -0.2) is 41.1 Å². The molecule has 1 aromatic rings. The molecule has 1 fully saturated rings. The van der Waals surface area contributed by atoms with Gasteiger partial charge >= 0.3 is 0 Å². The van der Waals surface area contributed by atoms with E-state index in [2.05, 4.69) is 5.32 Å². The summed E-state index contributed by atoms with van der Waals surface area (Å²) in [6, 6.07) is 5.53. The molecule has 1 aromatic carbocycles. The predicted octanol–water partition coefficient (Wildman–Crippen LogP) is 1.26. The van der Waals surface area contributed by atoms with Crippen molar-refractivity contribution in [3.8, 4) is 0 Å². The van der Waals surface area contributed by atoms with Gasteiger partial charge in [0.2, 0.25) is 11.8 Å². The quantitative estimate of drug-likeness (QED) is 0.673. The van der Waals surface area contributed by atoms with Crippen LogP contribution in [-0.2, 0) is 9.59 Å². The van der Waals surface area contributed by atoms with Gasteiger partial charge in [0.1, 0.15) is 0 Å². The van der Waals surface area contributed by atoms with Crippen LogP contribution in [0.2, 0.25) is 5.02 Å². The van der Waals surface area contributed by atoms with E-state index in [1.807, 2.05) is 0 Å². The molecule has 2 unspecified atom stereocenters. The summed E-state index contributed by atoms with van der Waals surface area (Å²) in [7, 11) is 0. The van der Waals surface area contributed by atoms with Crippen LogP contribution in [0.3, 0.4) is 0 Å². The first kappa shape index (κ1) is 14.7. The smallest absolute Gasteiger partial charge is 0.243 e. The predicted molar refractivity (Wildman–Crippen MR) is 74.6 cm³/mol. The Morgan fingerprint density at radius 2 is 2.15 bits per heavy atom. The van der Waals surface area contributed by atoms with Crippen LogP contribution in [0.15, 0.2) is 24.3 Å². The lowest BCUT2D eigenvalue weighted by Gasteiger charge is -2.35. The van der Waals surface area contributed by atoms with Gasteiger partial charge in [-0.3, -0.25) is 24.6 Å². The van der Waals surface area contributed by atoms with Gasteiger partial charge in [0.25, 0.3) is 0 Å². The van der Waals surface area contributed by atoms with Crippen molar-refractivity contribution in [1.29, 1.82) is 0 Å². The maximum Gasteiger partial charge on any atom is 0.243 e. The fourth-order valence-corrected chi connectivity index (χ4v) is 2.43. The number of benzene rings is 1. The average molecular weight is 295 g/mol. The lowest BCUT2D eigenvalue weighted by molar-refractivity contribution is -0.140. The molecular weight excluding hydrogens is 280 g/mol. The average Bonchev–Trinajstić information content (AvgIpc) is 2.41. The van der Waals surface area contributed by atoms with Crippen LogP contribution < -0.4 is 5.32 Å². The molecule has 0 radical (unpaired) electrons. The Kier molecular flexibility index (Phi) is 4.20. The van der Waals surface area contributed by atoms with Gasteiger partial charge in [0.15, 0.2) is 5.78 Å². The molecule has 2 rings (SSSR count). The van der Waals surface area contributed by atoms with E-state index in [-0.39, 0.29) is 24.1 Å². The van der Waals surface area contributed by atoms with E-state index in [0.717, 1.165) is 0 Å². The fraction of sp³-hybridized carbons (Fsp3) is 0.357. The van der Waals surface area contributed by atoms with Crippen LogP contribution in [0, 0.1) is 0 Å². The summed E-state index contributed by atoms with van der Waals surface area (Å²) in [5, 5.41) is 2.73. The summed E-state index contributed by atoms with van der Waals surface area (Å²) >= 11 is 5.87. The van der Waals surface area contributed by atoms with Crippen molar-refractivity contribution in [3.05, 3.63) is 34.9 Å². The molecule has 0 aliphatic carbocycles. The minimum absolute atomic E-state index is 0.0282. The molecule has 1 N–H and O–H groups in total. The molecule has 2 atom stereocenters. The highest BCUT2D eigenvalue weighted by Gasteiger charge is 2.36. The minimum atomic E-state index is -0.571. The monoisotopic (exact) mass is 294 g/mol. The number of amides is 2. The second-order valence-corrected chi connectivity index (χ2v) is 5.25. The Morgan fingerprint density at radius 1 is 1.45 bits per heavy atom. The van der Waals surface area contributed by atoms with E-state index >= 15 is 0 Å². The molecule has 0 spiro atoms. The molecule has 1 aliphatic heterocycles. The number of hydrogen-bond acceptors (Lipinski definition) is 4. The molecule has 1 saturated heterocycles. The van der Waals surface area contributed by atoms with Gasteiger partial charge in [-0.2, -0.15) is 0 Å². The molecule has 5 nitrogen and oxygen atoms in total. The normalized spacial score (nSPS) is 21.4. The summed E-state index contributed by atoms with van der Waals surface area (Å²) in [5.74, 6) is -0.937. The van der Waals surface area contributed by atoms with Crippen molar-refractivity contribution in [2.75, 3.05) is 6.54 Å². The van der Waals surface area contributed by atoms with Gasteiger partial charge in [-0.25, -0.2) is 0 Å². The van der Waals surface area contributed by atoms with Crippen molar-refractivity contribution < 1.29 is 14.4 Å². The second-order valence-electron chi connectivity index (χ2n) is 4.81. The third kappa shape index (κ3) is 2.89. The number of halogens is 1. The van der Waals surface area contributed by atoms with Crippen LogP contribution in [0.5, 0.6) is 0 Å². The first-order valence-corrected chi connectivity index (χ1v) is 6.67. The van der Waals surface area contributed by atoms with Gasteiger partial charge in [-0.15, -0.1) is 0 Å². The number of ketones is 1. The fourth-order valence-electron chi connectivity index (χ4n) is 2.24. The number of rotatable bonds is 3. The van der Waals surface area contributed by atoms with Gasteiger partial charge < -0.3 is 0 Å². The van der Waals surface area contributed by atoms with Crippen LogP contribution >= 0.6 is 11.6 Å². The Hall–Kier alpha value is -1.72. The molecule has 106 valence electrons. The van der Waals surface area contributed by atoms with Crippen LogP contribution in [0.1, 0.15) is 24.2 Å². The third-order valence-electron chi connectivity index (χ3n) is 3.45. The zero-order valence-corrected chi connectivity index (χ0v) is 12.0. The molecule has 20 heavy (non-hydrogen) atoms. The van der Waals surface area contributed by atoms with E-state index in [4.69, 9.17) is 11.6 Å². The Labute approximate surface area is 121 Å². The highest BCUT2D eigenvalue weighted by Crippen LogP contribution is 2.17. The molecule has 0 saturated carbocycles. The largest absolute Gasteiger partial charge is 0.294 e. The number of nitrogens with zero attached hydrogens (tertiary/aromatic N) is 1. The lowest BCUT2D eigenvalue weighted by atomic mass is 10.0. The maximum absolute atomic E-state index is 12.4. The van der Waals surface area contributed by atoms with E-state index in [1.54, 1.807) is 43.0 Å². The summed E-state index contributed by atoms with van der Waals surface area (Å²) in [6.45, 7) is 3.38. The zero-order chi connectivity index (χ0) is 14.9. The Bertz CT molecular complexity index is 573. The summed E-state index contributed by atoms with van der Waals surface area (Å²) < 4.78 is 0. The second kappa shape index (κ2) is 5.73. The lowest BCUT2D eigenvalue weighted by Crippen LogP contribution is -2.60. The van der Waals surface area contributed by atoms with Crippen molar-refractivity contribution in [2.45, 2.75) is 25.9 Å². The molecule has 2 amide bonds.